The quantitative estimate of drug-likeness (QED) is 0.0917. The zero-order valence-electron chi connectivity index (χ0n) is 21.4. The summed E-state index contributed by atoms with van der Waals surface area (Å²) in [5.41, 5.74) is 0. The molecule has 1 aromatic heterocycles. The lowest BCUT2D eigenvalue weighted by Crippen LogP contribution is -2.33. The molecule has 0 aliphatic heterocycles. The van der Waals surface area contributed by atoms with Crippen LogP contribution >= 0.6 is 15.2 Å². The summed E-state index contributed by atoms with van der Waals surface area (Å²) in [6.07, 6.45) is 23.7. The van der Waals surface area contributed by atoms with E-state index in [9.17, 15) is 19.0 Å². The summed E-state index contributed by atoms with van der Waals surface area (Å²) in [4.78, 5) is 49.1. The Balaban J connectivity index is 0.000000696. The third-order valence-electron chi connectivity index (χ3n) is 5.88. The molecule has 1 aromatic rings. The molecular formula is C23H46N2O9P2. The van der Waals surface area contributed by atoms with Crippen LogP contribution in [0.25, 0.3) is 0 Å². The summed E-state index contributed by atoms with van der Waals surface area (Å²) in [5, 5.41) is 14.6. The second kappa shape index (κ2) is 19.1. The van der Waals surface area contributed by atoms with Gasteiger partial charge in [0.15, 0.2) is 0 Å². The highest BCUT2D eigenvalue weighted by atomic mass is 31.2. The summed E-state index contributed by atoms with van der Waals surface area (Å²) in [5.74, 6) is -0.653. The number of unbranched alkanes of at least 4 members (excludes halogenated alkanes) is 14. The molecule has 0 saturated heterocycles. The van der Waals surface area contributed by atoms with Gasteiger partial charge in [-0.25, -0.2) is 4.98 Å². The fraction of sp³-hybridized carbons (Fsp3) is 0.826. The van der Waals surface area contributed by atoms with Crippen molar-refractivity contribution in [2.24, 2.45) is 0 Å². The summed E-state index contributed by atoms with van der Waals surface area (Å²) >= 11 is 0. The van der Waals surface area contributed by atoms with Crippen LogP contribution in [0.1, 0.15) is 110 Å². The molecule has 1 heterocycles. The number of hydrogen-bond acceptors (Lipinski definition) is 5. The van der Waals surface area contributed by atoms with Crippen molar-refractivity contribution < 1.29 is 43.7 Å². The molecule has 0 saturated carbocycles. The van der Waals surface area contributed by atoms with Crippen molar-refractivity contribution in [2.75, 3.05) is 0 Å². The average molecular weight is 557 g/mol. The molecule has 0 fully saturated rings. The first-order valence-electron chi connectivity index (χ1n) is 12.9. The fourth-order valence-electron chi connectivity index (χ4n) is 3.63. The smallest absolute Gasteiger partial charge is 0.371 e. The SMILES string of the molecule is CCCCCCCCCCCCCCCCCC(=O)O.O=P(O)(O)C(O)(Cn1ccnc1)P(=O)(O)O. The molecule has 13 heteroatoms. The van der Waals surface area contributed by atoms with Crippen LogP contribution in [0.4, 0.5) is 0 Å². The molecule has 11 nitrogen and oxygen atoms in total. The predicted octanol–water partition coefficient (Wildman–Crippen LogP) is 5.22. The molecule has 1 rings (SSSR count). The predicted molar refractivity (Wildman–Crippen MR) is 138 cm³/mol. The minimum Gasteiger partial charge on any atom is -0.481 e. The van der Waals surface area contributed by atoms with Gasteiger partial charge in [-0.05, 0) is 6.42 Å². The van der Waals surface area contributed by atoms with Gasteiger partial charge in [-0.15, -0.1) is 0 Å². The van der Waals surface area contributed by atoms with Gasteiger partial charge >= 0.3 is 21.2 Å². The van der Waals surface area contributed by atoms with E-state index in [4.69, 9.17) is 24.7 Å². The standard InChI is InChI=1S/C18H36O2.C5H10N2O7P2/c1-2-3-4-5-6-7-8-9-10-11-12-13-14-15-16-17-18(19)20;8-5(15(9,10)11,16(12,13)14)3-7-2-1-6-4-7/h2-17H2,1H3,(H,19,20);1-2,4,8H,3H2,(H2,9,10,11)(H2,12,13,14). The molecule has 0 spiro atoms. The number of aliphatic hydroxyl groups is 1. The van der Waals surface area contributed by atoms with Crippen LogP contribution in [0, 0.1) is 0 Å². The van der Waals surface area contributed by atoms with E-state index in [1.54, 1.807) is 0 Å². The topological polar surface area (TPSA) is 190 Å². The first-order chi connectivity index (χ1) is 16.8. The number of rotatable bonds is 20. The monoisotopic (exact) mass is 556 g/mol. The van der Waals surface area contributed by atoms with Gasteiger partial charge in [-0.3, -0.25) is 13.9 Å². The van der Waals surface area contributed by atoms with Crippen molar-refractivity contribution >= 4 is 21.2 Å². The molecule has 0 radical (unpaired) electrons. The van der Waals surface area contributed by atoms with Crippen molar-refractivity contribution in [3.8, 4) is 0 Å². The first kappa shape index (κ1) is 34.9. The molecule has 0 atom stereocenters. The first-order valence-corrected chi connectivity index (χ1v) is 16.1. The summed E-state index contributed by atoms with van der Waals surface area (Å²) in [6, 6.07) is 0. The van der Waals surface area contributed by atoms with Crippen molar-refractivity contribution in [1.29, 1.82) is 0 Å². The lowest BCUT2D eigenvalue weighted by molar-refractivity contribution is -0.137. The maximum Gasteiger partial charge on any atom is 0.371 e. The second-order valence-corrected chi connectivity index (χ2v) is 13.2. The third-order valence-corrected chi connectivity index (χ3v) is 9.59. The third kappa shape index (κ3) is 15.9. The van der Waals surface area contributed by atoms with Gasteiger partial charge in [0.05, 0.1) is 12.9 Å². The number of aliphatic carboxylic acids is 1. The number of carboxylic acids is 1. The van der Waals surface area contributed by atoms with Crippen molar-refractivity contribution in [2.45, 2.75) is 121 Å². The Labute approximate surface area is 214 Å². The zero-order valence-corrected chi connectivity index (χ0v) is 23.2. The van der Waals surface area contributed by atoms with Crippen molar-refractivity contribution in [1.82, 2.24) is 9.55 Å². The van der Waals surface area contributed by atoms with Crippen molar-refractivity contribution in [3.63, 3.8) is 0 Å². The number of aromatic nitrogens is 2. The Bertz CT molecular complexity index is 757. The van der Waals surface area contributed by atoms with Crippen LogP contribution in [0.3, 0.4) is 0 Å². The van der Waals surface area contributed by atoms with Crippen LogP contribution in [-0.2, 0) is 20.5 Å². The molecular weight excluding hydrogens is 510 g/mol. The highest BCUT2D eigenvalue weighted by Crippen LogP contribution is 2.67. The lowest BCUT2D eigenvalue weighted by atomic mass is 10.0. The molecule has 0 unspecified atom stereocenters. The highest BCUT2D eigenvalue weighted by molar-refractivity contribution is 7.72. The number of carboxylic acid groups (broad SMARTS) is 1. The number of hydrogen-bond donors (Lipinski definition) is 6. The molecule has 0 aliphatic carbocycles. The van der Waals surface area contributed by atoms with Gasteiger partial charge in [0.25, 0.3) is 5.08 Å². The van der Waals surface area contributed by atoms with Gasteiger partial charge in [0.2, 0.25) is 0 Å². The minimum atomic E-state index is -5.41. The molecule has 212 valence electrons. The van der Waals surface area contributed by atoms with E-state index >= 15 is 0 Å². The van der Waals surface area contributed by atoms with Crippen LogP contribution in [0.2, 0.25) is 0 Å². The number of carbonyl (C=O) groups is 1. The summed E-state index contributed by atoms with van der Waals surface area (Å²) in [7, 11) is -10.8. The average Bonchev–Trinajstić information content (AvgIpc) is 3.28. The van der Waals surface area contributed by atoms with E-state index in [-0.39, 0.29) is 0 Å². The minimum absolute atomic E-state index is 0.345. The van der Waals surface area contributed by atoms with E-state index in [0.717, 1.165) is 23.7 Å². The van der Waals surface area contributed by atoms with Crippen LogP contribution in [0.15, 0.2) is 18.7 Å². The summed E-state index contributed by atoms with van der Waals surface area (Å²) in [6.45, 7) is 1.31. The van der Waals surface area contributed by atoms with Crippen LogP contribution < -0.4 is 0 Å². The molecule has 0 aliphatic rings. The lowest BCUT2D eigenvalue weighted by Gasteiger charge is -2.29. The van der Waals surface area contributed by atoms with Gasteiger partial charge in [-0.2, -0.15) is 0 Å². The maximum atomic E-state index is 10.9. The maximum absolute atomic E-state index is 10.9. The molecule has 0 bridgehead atoms. The van der Waals surface area contributed by atoms with E-state index in [2.05, 4.69) is 11.9 Å². The van der Waals surface area contributed by atoms with E-state index in [1.807, 2.05) is 0 Å². The highest BCUT2D eigenvalue weighted by Gasteiger charge is 2.59. The van der Waals surface area contributed by atoms with Crippen molar-refractivity contribution in [3.05, 3.63) is 18.7 Å². The normalized spacial score (nSPS) is 12.3. The van der Waals surface area contributed by atoms with Gasteiger partial charge in [0.1, 0.15) is 0 Å². The fourth-order valence-corrected chi connectivity index (χ4v) is 5.68. The molecule has 36 heavy (non-hydrogen) atoms. The Morgan fingerprint density at radius 1 is 0.778 bits per heavy atom. The number of nitrogens with zero attached hydrogens (tertiary/aromatic N) is 2. The zero-order chi connectivity index (χ0) is 27.5. The van der Waals surface area contributed by atoms with E-state index < -0.39 is 32.8 Å². The second-order valence-electron chi connectivity index (χ2n) is 9.19. The largest absolute Gasteiger partial charge is 0.481 e. The Hall–Kier alpha value is -1.06. The van der Waals surface area contributed by atoms with Gasteiger partial charge in [-0.1, -0.05) is 96.8 Å². The van der Waals surface area contributed by atoms with Gasteiger partial charge in [0, 0.05) is 18.8 Å². The van der Waals surface area contributed by atoms with E-state index in [1.165, 1.54) is 95.9 Å². The van der Waals surface area contributed by atoms with Gasteiger partial charge < -0.3 is 34.4 Å². The molecule has 0 amide bonds. The Kier molecular flexibility index (Phi) is 18.5. The number of imidazole rings is 1. The van der Waals surface area contributed by atoms with Crippen LogP contribution in [-0.4, -0.2) is 50.4 Å². The van der Waals surface area contributed by atoms with E-state index in [0.29, 0.717) is 6.42 Å². The summed E-state index contributed by atoms with van der Waals surface area (Å²) < 4.78 is 22.8. The van der Waals surface area contributed by atoms with Crippen LogP contribution in [0.5, 0.6) is 0 Å². The Morgan fingerprint density at radius 3 is 1.47 bits per heavy atom. The molecule has 0 aromatic carbocycles. The Morgan fingerprint density at radius 2 is 1.17 bits per heavy atom. The molecule has 6 N–H and O–H groups in total.